The summed E-state index contributed by atoms with van der Waals surface area (Å²) in [6.45, 7) is -5.72. The number of nitrogens with zero attached hydrogens (tertiary/aromatic N) is 8. The average Bonchev–Trinajstić information content (AvgIpc) is 3.73. The molecule has 10 atom stereocenters. The molecule has 3 aliphatic rings. The van der Waals surface area contributed by atoms with Gasteiger partial charge in [-0.1, -0.05) is 11.8 Å². The lowest BCUT2D eigenvalue weighted by Crippen LogP contribution is -2.39. The Morgan fingerprint density at radius 3 is 2.09 bits per heavy atom. The minimum absolute atomic E-state index is 0.0492. The normalized spacial score (nSPS) is 38.3. The highest BCUT2D eigenvalue weighted by molar-refractivity contribution is 8.06. The zero-order valence-corrected chi connectivity index (χ0v) is 24.7. The van der Waals surface area contributed by atoms with E-state index >= 15 is 4.39 Å². The molecule has 4 aromatic heterocycles. The molecule has 7 heterocycles. The first-order chi connectivity index (χ1) is 20.9. The van der Waals surface area contributed by atoms with Gasteiger partial charge in [0.05, 0.1) is 33.3 Å². The molecule has 3 saturated heterocycles. The van der Waals surface area contributed by atoms with Crippen molar-refractivity contribution in [1.82, 2.24) is 39.0 Å². The fourth-order valence-corrected chi connectivity index (χ4v) is 7.66. The lowest BCUT2D eigenvalue weighted by Gasteiger charge is -2.37. The second-order valence-electron chi connectivity index (χ2n) is 9.95. The standard InChI is InChI=1S/C20H22BFN10O9P2S/c21-42(34)36-1-8-14(12(33)20(39-8)32-6-30-11-16(24)26-4-28-18(11)32)41-43(35,44)37-2-7-13(40-42)9(22)19(38-7)31-5-29-10-15(23)25-3-27-17(10)31/h3-9,12-14,19-20,33H,1-2H2,(H,35,44)(H2,23,25,27)(H2,24,26,28)/q-1/p-1/t7-,8-,9?,12?,13+,14+,19-,20-,42?,43?/m1/s1. The molecule has 3 aliphatic heterocycles. The van der Waals surface area contributed by atoms with Crippen LogP contribution in [0.2, 0.25) is 0 Å². The molecule has 3 radical (unpaired) electrons. The molecule has 233 valence electrons. The number of halogens is 1. The Balaban J connectivity index is 1.17. The Kier molecular flexibility index (Phi) is 7.45. The zero-order chi connectivity index (χ0) is 31.0. The number of anilines is 2. The molecular weight excluding hydrogens is 648 g/mol. The van der Waals surface area contributed by atoms with Crippen molar-refractivity contribution in [2.24, 2.45) is 0 Å². The number of alkyl halides is 1. The van der Waals surface area contributed by atoms with Crippen molar-refractivity contribution < 1.29 is 46.5 Å². The van der Waals surface area contributed by atoms with Crippen molar-refractivity contribution >= 4 is 67.5 Å². The van der Waals surface area contributed by atoms with Gasteiger partial charge in [0.25, 0.3) is 0 Å². The second kappa shape index (κ2) is 11.0. The van der Waals surface area contributed by atoms with Crippen LogP contribution in [-0.4, -0.2) is 102 Å². The molecule has 0 bridgehead atoms. The highest BCUT2D eigenvalue weighted by Crippen LogP contribution is 2.52. The van der Waals surface area contributed by atoms with E-state index in [4.69, 9.17) is 58.4 Å². The van der Waals surface area contributed by atoms with Gasteiger partial charge in [-0.3, -0.25) is 9.13 Å². The average molecular weight is 669 g/mol. The molecule has 19 nitrogen and oxygen atoms in total. The predicted molar refractivity (Wildman–Crippen MR) is 147 cm³/mol. The Bertz CT molecular complexity index is 1710. The van der Waals surface area contributed by atoms with Crippen LogP contribution in [0.3, 0.4) is 0 Å². The maximum atomic E-state index is 15.9. The number of aromatic nitrogens is 8. The molecular formula is C20H21BFN10O9P2S-2. The SMILES string of the molecule is [B-]P1(=O)OC[C@H]2O[C@@H](n3cnc4c(N)ncnc43)C(O)[C@H]2OP([O-])(=S)OC[C@H]2O[C@@H](n3cnc4c(N)ncnc43)C(F)[C@H]2O1. The van der Waals surface area contributed by atoms with Crippen LogP contribution in [0.4, 0.5) is 16.0 Å². The summed E-state index contributed by atoms with van der Waals surface area (Å²) >= 11 is 5.09. The third-order valence-electron chi connectivity index (χ3n) is 7.23. The molecule has 0 saturated carbocycles. The van der Waals surface area contributed by atoms with Gasteiger partial charge in [-0.2, -0.15) is 0 Å². The fraction of sp³-hybridized carbons (Fsp3) is 0.500. The minimum atomic E-state index is -4.55. The smallest absolute Gasteiger partial charge is 0.174 e. The van der Waals surface area contributed by atoms with E-state index < -0.39 is 76.6 Å². The third-order valence-corrected chi connectivity index (χ3v) is 9.82. The third kappa shape index (κ3) is 5.19. The van der Waals surface area contributed by atoms with Gasteiger partial charge < -0.3 is 61.2 Å². The summed E-state index contributed by atoms with van der Waals surface area (Å²) in [7, 11) is 1.31. The number of fused-ring (bicyclic) bond motifs is 4. The number of aliphatic hydroxyl groups is 1. The number of rotatable bonds is 2. The second-order valence-corrected chi connectivity index (χ2v) is 14.2. The Labute approximate surface area is 252 Å². The van der Waals surface area contributed by atoms with Crippen molar-refractivity contribution in [3.8, 4) is 0 Å². The number of ether oxygens (including phenoxy) is 2. The van der Waals surface area contributed by atoms with Crippen molar-refractivity contribution in [1.29, 1.82) is 0 Å². The highest BCUT2D eigenvalue weighted by Gasteiger charge is 2.51. The molecule has 0 amide bonds. The van der Waals surface area contributed by atoms with Crippen LogP contribution >= 0.6 is 14.2 Å². The number of hydrogen-bond donors (Lipinski definition) is 3. The van der Waals surface area contributed by atoms with Crippen LogP contribution in [-0.2, 0) is 43.9 Å². The summed E-state index contributed by atoms with van der Waals surface area (Å²) in [4.78, 5) is 37.5. The van der Waals surface area contributed by atoms with Gasteiger partial charge >= 0.3 is 0 Å². The van der Waals surface area contributed by atoms with Crippen molar-refractivity contribution in [3.05, 3.63) is 25.3 Å². The van der Waals surface area contributed by atoms with E-state index in [1.807, 2.05) is 0 Å². The fourth-order valence-electron chi connectivity index (χ4n) is 5.23. The minimum Gasteiger partial charge on any atom is -0.780 e. The van der Waals surface area contributed by atoms with Crippen LogP contribution in [0.1, 0.15) is 12.5 Å². The Morgan fingerprint density at radius 2 is 1.45 bits per heavy atom. The highest BCUT2D eigenvalue weighted by atomic mass is 32.5. The molecule has 4 unspecified atom stereocenters. The lowest BCUT2D eigenvalue weighted by molar-refractivity contribution is -0.218. The van der Waals surface area contributed by atoms with Crippen molar-refractivity contribution in [2.75, 3.05) is 24.7 Å². The summed E-state index contributed by atoms with van der Waals surface area (Å²) < 4.78 is 65.2. The van der Waals surface area contributed by atoms with E-state index in [1.165, 1.54) is 28.1 Å². The molecule has 4 aromatic rings. The summed E-state index contributed by atoms with van der Waals surface area (Å²) in [5.74, 6) is 0.130. The molecule has 24 heteroatoms. The van der Waals surface area contributed by atoms with E-state index in [9.17, 15) is 14.6 Å². The topological polar surface area (TPSA) is 255 Å². The first kappa shape index (κ1) is 29.9. The monoisotopic (exact) mass is 669 g/mol. The first-order valence-electron chi connectivity index (χ1n) is 12.8. The van der Waals surface area contributed by atoms with Crippen LogP contribution in [0.25, 0.3) is 22.3 Å². The first-order valence-corrected chi connectivity index (χ1v) is 16.9. The Hall–Kier alpha value is -2.75. The predicted octanol–water partition coefficient (Wildman–Crippen LogP) is -0.997. The summed E-state index contributed by atoms with van der Waals surface area (Å²) in [6.07, 6.45) is -7.20. The summed E-state index contributed by atoms with van der Waals surface area (Å²) in [5, 5.41) is 11.2. The number of aliphatic hydroxyl groups excluding tert-OH is 1. The largest absolute Gasteiger partial charge is 0.780 e. The molecule has 5 N–H and O–H groups in total. The molecule has 0 aliphatic carbocycles. The van der Waals surface area contributed by atoms with Crippen molar-refractivity contribution in [2.45, 2.75) is 49.1 Å². The quantitative estimate of drug-likeness (QED) is 0.171. The zero-order valence-electron chi connectivity index (χ0n) is 22.0. The summed E-state index contributed by atoms with van der Waals surface area (Å²) in [6, 6.07) is 0. The number of nitrogens with two attached hydrogens (primary N) is 2. The molecule has 0 spiro atoms. The van der Waals surface area contributed by atoms with E-state index in [0.717, 1.165) is 6.33 Å². The van der Waals surface area contributed by atoms with E-state index in [0.29, 0.717) is 0 Å². The van der Waals surface area contributed by atoms with Crippen LogP contribution in [0, 0.1) is 0 Å². The number of hydrogen-bond acceptors (Lipinski definition) is 18. The van der Waals surface area contributed by atoms with E-state index in [1.54, 1.807) is 0 Å². The van der Waals surface area contributed by atoms with Crippen molar-refractivity contribution in [3.63, 3.8) is 0 Å². The molecule has 7 rings (SSSR count). The van der Waals surface area contributed by atoms with Gasteiger partial charge in [0.1, 0.15) is 60.9 Å². The lowest BCUT2D eigenvalue weighted by atomic mass is 10.1. The summed E-state index contributed by atoms with van der Waals surface area (Å²) in [5.41, 5.74) is 12.4. The van der Waals surface area contributed by atoms with Crippen LogP contribution in [0.15, 0.2) is 25.3 Å². The number of imidazole rings is 2. The van der Waals surface area contributed by atoms with Crippen LogP contribution in [0.5, 0.6) is 0 Å². The van der Waals surface area contributed by atoms with Gasteiger partial charge in [0.2, 0.25) is 0 Å². The van der Waals surface area contributed by atoms with Gasteiger partial charge in [-0.25, -0.2) is 34.3 Å². The maximum Gasteiger partial charge on any atom is 0.174 e. The Morgan fingerprint density at radius 1 is 0.909 bits per heavy atom. The van der Waals surface area contributed by atoms with Gasteiger partial charge in [0, 0.05) is 0 Å². The van der Waals surface area contributed by atoms with E-state index in [2.05, 4.69) is 29.9 Å². The maximum absolute atomic E-state index is 15.9. The van der Waals surface area contributed by atoms with Gasteiger partial charge in [-0.15, -0.1) is 0 Å². The van der Waals surface area contributed by atoms with Crippen LogP contribution < -0.4 is 16.4 Å². The van der Waals surface area contributed by atoms with Gasteiger partial charge in [0.15, 0.2) is 41.6 Å². The molecule has 0 aromatic carbocycles. The molecule has 3 fully saturated rings. The number of nitrogen functional groups attached to an aromatic ring is 2. The molecule has 44 heavy (non-hydrogen) atoms. The van der Waals surface area contributed by atoms with Gasteiger partial charge in [-0.05, 0) is 0 Å². The van der Waals surface area contributed by atoms with E-state index in [-0.39, 0.29) is 34.0 Å².